The predicted molar refractivity (Wildman–Crippen MR) is 75.8 cm³/mol. The molecule has 0 atom stereocenters. The maximum atomic E-state index is 12.1. The second kappa shape index (κ2) is 5.56. The molecule has 2 aromatic rings. The quantitative estimate of drug-likeness (QED) is 0.793. The van der Waals surface area contributed by atoms with Crippen LogP contribution in [0.3, 0.4) is 0 Å². The van der Waals surface area contributed by atoms with Crippen LogP contribution < -0.4 is 10.6 Å². The van der Waals surface area contributed by atoms with Crippen LogP contribution >= 0.6 is 0 Å². The number of aryl methyl sites for hydroxylation is 2. The van der Waals surface area contributed by atoms with Gasteiger partial charge in [0.05, 0.1) is 0 Å². The molecule has 0 unspecified atom stereocenters. The molecule has 0 bridgehead atoms. The third kappa shape index (κ3) is 2.69. The second-order valence-electron chi connectivity index (χ2n) is 4.47. The van der Waals surface area contributed by atoms with Crippen LogP contribution in [0.25, 0.3) is 0 Å². The summed E-state index contributed by atoms with van der Waals surface area (Å²) in [5, 5.41) is 11.8. The Balaban J connectivity index is 2.24. The SMILES string of the molecule is CNC(=O)c1c(NC(=O)c2ccc(C)cc2)n[nH]c1C. The number of anilines is 1. The van der Waals surface area contributed by atoms with Crippen LogP contribution in [0.2, 0.25) is 0 Å². The number of benzene rings is 1. The van der Waals surface area contributed by atoms with Gasteiger partial charge in [-0.2, -0.15) is 5.10 Å². The lowest BCUT2D eigenvalue weighted by atomic mass is 10.1. The Morgan fingerprint density at radius 3 is 2.35 bits per heavy atom. The topological polar surface area (TPSA) is 86.9 Å². The molecule has 0 aliphatic carbocycles. The van der Waals surface area contributed by atoms with Crippen molar-refractivity contribution >= 4 is 17.6 Å². The van der Waals surface area contributed by atoms with Crippen molar-refractivity contribution in [1.29, 1.82) is 0 Å². The number of carbonyl (C=O) groups is 2. The average Bonchev–Trinajstić information content (AvgIpc) is 2.79. The Morgan fingerprint density at radius 1 is 1.10 bits per heavy atom. The Labute approximate surface area is 116 Å². The molecule has 0 aliphatic heterocycles. The van der Waals surface area contributed by atoms with Crippen molar-refractivity contribution in [1.82, 2.24) is 15.5 Å². The van der Waals surface area contributed by atoms with Crippen molar-refractivity contribution in [2.24, 2.45) is 0 Å². The lowest BCUT2D eigenvalue weighted by molar-refractivity contribution is 0.0963. The van der Waals surface area contributed by atoms with Crippen LogP contribution in [0, 0.1) is 13.8 Å². The number of amides is 2. The first-order valence-corrected chi connectivity index (χ1v) is 6.18. The summed E-state index contributed by atoms with van der Waals surface area (Å²) in [7, 11) is 1.53. The number of nitrogens with one attached hydrogen (secondary N) is 3. The van der Waals surface area contributed by atoms with Crippen LogP contribution in [-0.4, -0.2) is 29.1 Å². The zero-order valence-electron chi connectivity index (χ0n) is 11.6. The van der Waals surface area contributed by atoms with E-state index in [1.165, 1.54) is 7.05 Å². The number of rotatable bonds is 3. The predicted octanol–water partition coefficient (Wildman–Crippen LogP) is 1.64. The third-order valence-electron chi connectivity index (χ3n) is 2.95. The Kier molecular flexibility index (Phi) is 3.84. The van der Waals surface area contributed by atoms with Crippen LogP contribution in [0.4, 0.5) is 5.82 Å². The number of hydrogen-bond acceptors (Lipinski definition) is 3. The minimum atomic E-state index is -0.304. The number of hydrogen-bond donors (Lipinski definition) is 3. The molecule has 1 aromatic heterocycles. The molecule has 2 rings (SSSR count). The zero-order valence-corrected chi connectivity index (χ0v) is 11.6. The molecule has 1 heterocycles. The molecule has 0 fully saturated rings. The molecule has 104 valence electrons. The smallest absolute Gasteiger partial charge is 0.256 e. The molecule has 0 aliphatic rings. The highest BCUT2D eigenvalue weighted by atomic mass is 16.2. The van der Waals surface area contributed by atoms with Gasteiger partial charge in [0.1, 0.15) is 5.56 Å². The molecule has 0 radical (unpaired) electrons. The van der Waals surface area contributed by atoms with Gasteiger partial charge in [0, 0.05) is 18.3 Å². The maximum absolute atomic E-state index is 12.1. The number of carbonyl (C=O) groups excluding carboxylic acids is 2. The van der Waals surface area contributed by atoms with E-state index in [9.17, 15) is 9.59 Å². The Morgan fingerprint density at radius 2 is 1.75 bits per heavy atom. The van der Waals surface area contributed by atoms with E-state index in [1.54, 1.807) is 19.1 Å². The van der Waals surface area contributed by atoms with Gasteiger partial charge in [0.15, 0.2) is 5.82 Å². The highest BCUT2D eigenvalue weighted by Crippen LogP contribution is 2.16. The first kappa shape index (κ1) is 13.8. The fraction of sp³-hybridized carbons (Fsp3) is 0.214. The van der Waals surface area contributed by atoms with Gasteiger partial charge in [-0.1, -0.05) is 17.7 Å². The fourth-order valence-corrected chi connectivity index (χ4v) is 1.81. The van der Waals surface area contributed by atoms with E-state index in [2.05, 4.69) is 20.8 Å². The molecule has 0 saturated heterocycles. The lowest BCUT2D eigenvalue weighted by Gasteiger charge is -2.05. The van der Waals surface area contributed by atoms with E-state index >= 15 is 0 Å². The van der Waals surface area contributed by atoms with Crippen LogP contribution in [0.5, 0.6) is 0 Å². The zero-order chi connectivity index (χ0) is 14.7. The van der Waals surface area contributed by atoms with Crippen molar-refractivity contribution in [3.05, 3.63) is 46.6 Å². The van der Waals surface area contributed by atoms with Gasteiger partial charge in [-0.05, 0) is 26.0 Å². The van der Waals surface area contributed by atoms with Gasteiger partial charge >= 0.3 is 0 Å². The summed E-state index contributed by atoms with van der Waals surface area (Å²) >= 11 is 0. The van der Waals surface area contributed by atoms with Gasteiger partial charge in [0.25, 0.3) is 11.8 Å². The van der Waals surface area contributed by atoms with Crippen LogP contribution in [-0.2, 0) is 0 Å². The van der Waals surface area contributed by atoms with Crippen molar-refractivity contribution in [2.45, 2.75) is 13.8 Å². The summed E-state index contributed by atoms with van der Waals surface area (Å²) in [6.07, 6.45) is 0. The van der Waals surface area contributed by atoms with E-state index in [0.29, 0.717) is 16.8 Å². The van der Waals surface area contributed by atoms with Gasteiger partial charge in [0.2, 0.25) is 0 Å². The Bertz CT molecular complexity index is 644. The lowest BCUT2D eigenvalue weighted by Crippen LogP contribution is -2.21. The van der Waals surface area contributed by atoms with E-state index < -0.39 is 0 Å². The van der Waals surface area contributed by atoms with E-state index in [0.717, 1.165) is 5.56 Å². The molecule has 0 spiro atoms. The first-order valence-electron chi connectivity index (χ1n) is 6.18. The number of H-pyrrole nitrogens is 1. The van der Waals surface area contributed by atoms with E-state index in [4.69, 9.17) is 0 Å². The molecule has 0 saturated carbocycles. The Hall–Kier alpha value is -2.63. The second-order valence-corrected chi connectivity index (χ2v) is 4.47. The number of aromatic nitrogens is 2. The highest BCUT2D eigenvalue weighted by Gasteiger charge is 2.19. The molecule has 1 aromatic carbocycles. The van der Waals surface area contributed by atoms with Gasteiger partial charge in [-0.25, -0.2) is 0 Å². The average molecular weight is 272 g/mol. The summed E-state index contributed by atoms with van der Waals surface area (Å²) in [6, 6.07) is 7.15. The highest BCUT2D eigenvalue weighted by molar-refractivity contribution is 6.08. The minimum Gasteiger partial charge on any atom is -0.355 e. The summed E-state index contributed by atoms with van der Waals surface area (Å²) < 4.78 is 0. The summed E-state index contributed by atoms with van der Waals surface area (Å²) in [4.78, 5) is 23.9. The summed E-state index contributed by atoms with van der Waals surface area (Å²) in [6.45, 7) is 3.67. The third-order valence-corrected chi connectivity index (χ3v) is 2.95. The van der Waals surface area contributed by atoms with E-state index in [1.807, 2.05) is 19.1 Å². The maximum Gasteiger partial charge on any atom is 0.256 e. The molecular formula is C14H16N4O2. The minimum absolute atomic E-state index is 0.229. The molecule has 6 nitrogen and oxygen atoms in total. The monoisotopic (exact) mass is 272 g/mol. The normalized spacial score (nSPS) is 10.2. The molecule has 6 heteroatoms. The van der Waals surface area contributed by atoms with Gasteiger partial charge in [-0.3, -0.25) is 14.7 Å². The summed E-state index contributed by atoms with van der Waals surface area (Å²) in [5.74, 6) is -0.371. The molecule has 2 amide bonds. The molecular weight excluding hydrogens is 256 g/mol. The van der Waals surface area contributed by atoms with E-state index in [-0.39, 0.29) is 17.6 Å². The van der Waals surface area contributed by atoms with Crippen LogP contribution in [0.1, 0.15) is 32.0 Å². The first-order chi connectivity index (χ1) is 9.52. The van der Waals surface area contributed by atoms with Gasteiger partial charge in [-0.15, -0.1) is 0 Å². The molecule has 3 N–H and O–H groups in total. The van der Waals surface area contributed by atoms with Crippen molar-refractivity contribution in [2.75, 3.05) is 12.4 Å². The van der Waals surface area contributed by atoms with Crippen molar-refractivity contribution < 1.29 is 9.59 Å². The summed E-state index contributed by atoms with van der Waals surface area (Å²) in [5.41, 5.74) is 2.53. The number of nitrogens with zero attached hydrogens (tertiary/aromatic N) is 1. The standard InChI is InChI=1S/C14H16N4O2/c1-8-4-6-10(7-5-8)13(19)16-12-11(14(20)15-3)9(2)17-18-12/h4-7H,1-3H3,(H,15,20)(H2,16,17,18,19). The van der Waals surface area contributed by atoms with Gasteiger partial charge < -0.3 is 10.6 Å². The fourth-order valence-electron chi connectivity index (χ4n) is 1.81. The van der Waals surface area contributed by atoms with Crippen molar-refractivity contribution in [3.8, 4) is 0 Å². The van der Waals surface area contributed by atoms with Crippen molar-refractivity contribution in [3.63, 3.8) is 0 Å². The van der Waals surface area contributed by atoms with Crippen LogP contribution in [0.15, 0.2) is 24.3 Å². The molecule has 20 heavy (non-hydrogen) atoms. The number of aromatic amines is 1. The largest absolute Gasteiger partial charge is 0.355 e.